The fourth-order valence-electron chi connectivity index (χ4n) is 6.07. The van der Waals surface area contributed by atoms with Crippen molar-refractivity contribution in [3.8, 4) is 29.3 Å². The van der Waals surface area contributed by atoms with E-state index in [9.17, 15) is 15.8 Å². The first-order valence-electron chi connectivity index (χ1n) is 11.3. The van der Waals surface area contributed by atoms with E-state index in [1.165, 1.54) is 0 Å². The fraction of sp³-hybridized carbons (Fsp3) is 0.407. The molecule has 5 unspecified atom stereocenters. The first-order valence-corrected chi connectivity index (χ1v) is 11.3. The Morgan fingerprint density at radius 1 is 0.970 bits per heavy atom. The first-order chi connectivity index (χ1) is 16.0. The summed E-state index contributed by atoms with van der Waals surface area (Å²) in [5.41, 5.74) is -0.892. The standard InChI is InChI=1S/C27H24N4O2/c1-2-18-12-13-27-22(14-18)26(17-30,24(31)33-27)25(15-28,16-29)23(32-27)21-10-8-20(9-11-21)19-6-4-3-5-7-19/h3-11,18,22-23,31H,2,12-14H2,1H3. The molecule has 1 aliphatic carbocycles. The number of rotatable bonds is 3. The van der Waals surface area contributed by atoms with Crippen molar-refractivity contribution in [3.05, 3.63) is 60.2 Å². The Hall–Kier alpha value is -3.66. The third-order valence-electron chi connectivity index (χ3n) is 7.92. The third kappa shape index (κ3) is 2.64. The number of nitrogens with zero attached hydrogens (tertiary/aromatic N) is 3. The summed E-state index contributed by atoms with van der Waals surface area (Å²) < 4.78 is 12.5. The molecule has 0 amide bonds. The molecule has 2 aromatic carbocycles. The van der Waals surface area contributed by atoms with Crippen molar-refractivity contribution in [2.75, 3.05) is 0 Å². The molecule has 164 valence electrons. The summed E-state index contributed by atoms with van der Waals surface area (Å²) in [4.78, 5) is 0. The van der Waals surface area contributed by atoms with E-state index in [4.69, 9.17) is 14.9 Å². The van der Waals surface area contributed by atoms with Crippen LogP contribution >= 0.6 is 0 Å². The smallest absolute Gasteiger partial charge is 0.217 e. The lowest BCUT2D eigenvalue weighted by atomic mass is 9.50. The van der Waals surface area contributed by atoms with Gasteiger partial charge in [-0.1, -0.05) is 67.9 Å². The second-order valence-corrected chi connectivity index (χ2v) is 9.28. The molecule has 0 radical (unpaired) electrons. The molecule has 2 saturated heterocycles. The zero-order valence-corrected chi connectivity index (χ0v) is 18.4. The van der Waals surface area contributed by atoms with E-state index < -0.39 is 28.6 Å². The Bertz CT molecular complexity index is 1210. The highest BCUT2D eigenvalue weighted by Crippen LogP contribution is 2.70. The van der Waals surface area contributed by atoms with Crippen molar-refractivity contribution >= 4 is 5.90 Å². The van der Waals surface area contributed by atoms with Crippen LogP contribution in [0.25, 0.3) is 11.1 Å². The Morgan fingerprint density at radius 2 is 1.64 bits per heavy atom. The third-order valence-corrected chi connectivity index (χ3v) is 7.92. The van der Waals surface area contributed by atoms with Gasteiger partial charge in [-0.05, 0) is 35.4 Å². The van der Waals surface area contributed by atoms with Crippen LogP contribution in [0, 0.1) is 62.1 Å². The van der Waals surface area contributed by atoms with Gasteiger partial charge in [-0.3, -0.25) is 5.41 Å². The van der Waals surface area contributed by atoms with Gasteiger partial charge in [0.15, 0.2) is 5.41 Å². The Kier molecular flexibility index (Phi) is 4.78. The van der Waals surface area contributed by atoms with Crippen molar-refractivity contribution in [1.82, 2.24) is 0 Å². The van der Waals surface area contributed by atoms with E-state index in [-0.39, 0.29) is 5.90 Å². The molecule has 3 aliphatic rings. The van der Waals surface area contributed by atoms with Crippen molar-refractivity contribution in [1.29, 1.82) is 21.2 Å². The first kappa shape index (κ1) is 21.2. The summed E-state index contributed by atoms with van der Waals surface area (Å²) in [6.07, 6.45) is 1.91. The molecule has 0 spiro atoms. The van der Waals surface area contributed by atoms with Crippen molar-refractivity contribution in [2.24, 2.45) is 22.7 Å². The molecule has 1 saturated carbocycles. The van der Waals surface area contributed by atoms with Gasteiger partial charge in [-0.2, -0.15) is 15.8 Å². The summed E-state index contributed by atoms with van der Waals surface area (Å²) in [5.74, 6) is -1.65. The largest absolute Gasteiger partial charge is 0.447 e. The molecular weight excluding hydrogens is 412 g/mol. The molecule has 2 heterocycles. The van der Waals surface area contributed by atoms with Crippen LogP contribution in [0.1, 0.15) is 44.3 Å². The maximum absolute atomic E-state index is 10.5. The summed E-state index contributed by atoms with van der Waals surface area (Å²) in [5, 5.41) is 39.9. The van der Waals surface area contributed by atoms with Gasteiger partial charge in [0.2, 0.25) is 17.1 Å². The maximum atomic E-state index is 10.5. The number of hydrogen-bond acceptors (Lipinski definition) is 6. The van der Waals surface area contributed by atoms with Gasteiger partial charge in [-0.25, -0.2) is 0 Å². The van der Waals surface area contributed by atoms with Crippen LogP contribution in [0.5, 0.6) is 0 Å². The van der Waals surface area contributed by atoms with Crippen LogP contribution in [-0.2, 0) is 9.47 Å². The van der Waals surface area contributed by atoms with Crippen LogP contribution in [0.3, 0.4) is 0 Å². The minimum Gasteiger partial charge on any atom is -0.447 e. The quantitative estimate of drug-likeness (QED) is 0.682. The second kappa shape index (κ2) is 7.45. The number of ether oxygens (including phenoxy) is 2. The average Bonchev–Trinajstić information content (AvgIpc) is 3.07. The fourth-order valence-corrected chi connectivity index (χ4v) is 6.07. The van der Waals surface area contributed by atoms with Gasteiger partial charge in [0.05, 0.1) is 24.1 Å². The lowest BCUT2D eigenvalue weighted by Crippen LogP contribution is -2.61. The highest BCUT2D eigenvalue weighted by atomic mass is 16.7. The minimum absolute atomic E-state index is 0.307. The molecule has 5 rings (SSSR count). The van der Waals surface area contributed by atoms with Crippen LogP contribution < -0.4 is 0 Å². The van der Waals surface area contributed by atoms with E-state index in [1.54, 1.807) is 0 Å². The molecule has 0 aromatic heterocycles. The van der Waals surface area contributed by atoms with E-state index in [0.717, 1.165) is 24.0 Å². The minimum atomic E-state index is -1.90. The van der Waals surface area contributed by atoms with Gasteiger partial charge in [0, 0.05) is 6.42 Å². The molecule has 6 nitrogen and oxygen atoms in total. The van der Waals surface area contributed by atoms with E-state index in [2.05, 4.69) is 25.1 Å². The summed E-state index contributed by atoms with van der Waals surface area (Å²) in [7, 11) is 0. The Morgan fingerprint density at radius 3 is 2.24 bits per heavy atom. The zero-order valence-electron chi connectivity index (χ0n) is 18.4. The molecular formula is C27H24N4O2. The van der Waals surface area contributed by atoms with Gasteiger partial charge in [-0.15, -0.1) is 0 Å². The predicted octanol–water partition coefficient (Wildman–Crippen LogP) is 5.50. The molecule has 2 bridgehead atoms. The number of nitrogens with one attached hydrogen (secondary N) is 1. The number of benzene rings is 2. The van der Waals surface area contributed by atoms with Crippen molar-refractivity contribution in [3.63, 3.8) is 0 Å². The van der Waals surface area contributed by atoms with Gasteiger partial charge in [0.25, 0.3) is 0 Å². The van der Waals surface area contributed by atoms with Crippen molar-refractivity contribution < 1.29 is 9.47 Å². The molecule has 5 atom stereocenters. The zero-order chi connectivity index (χ0) is 23.3. The van der Waals surface area contributed by atoms with Crippen LogP contribution in [-0.4, -0.2) is 11.7 Å². The van der Waals surface area contributed by atoms with Gasteiger partial charge >= 0.3 is 0 Å². The Balaban J connectivity index is 1.64. The molecule has 2 aromatic rings. The number of nitriles is 3. The summed E-state index contributed by atoms with van der Waals surface area (Å²) >= 11 is 0. The van der Waals surface area contributed by atoms with Gasteiger partial charge < -0.3 is 9.47 Å². The normalized spacial score (nSPS) is 33.6. The van der Waals surface area contributed by atoms with Gasteiger partial charge in [0.1, 0.15) is 6.10 Å². The molecule has 33 heavy (non-hydrogen) atoms. The Labute approximate surface area is 193 Å². The lowest BCUT2D eigenvalue weighted by Gasteiger charge is -2.52. The van der Waals surface area contributed by atoms with Crippen molar-refractivity contribution in [2.45, 2.75) is 44.5 Å². The highest BCUT2D eigenvalue weighted by molar-refractivity contribution is 5.89. The molecule has 1 N–H and O–H groups in total. The van der Waals surface area contributed by atoms with Crippen LogP contribution in [0.4, 0.5) is 0 Å². The van der Waals surface area contributed by atoms with E-state index in [1.807, 2.05) is 54.6 Å². The molecule has 3 fully saturated rings. The monoisotopic (exact) mass is 436 g/mol. The lowest BCUT2D eigenvalue weighted by molar-refractivity contribution is -0.299. The molecule has 2 aliphatic heterocycles. The average molecular weight is 437 g/mol. The topological polar surface area (TPSA) is 114 Å². The predicted molar refractivity (Wildman–Crippen MR) is 120 cm³/mol. The maximum Gasteiger partial charge on any atom is 0.217 e. The van der Waals surface area contributed by atoms with Crippen LogP contribution in [0.2, 0.25) is 0 Å². The number of hydrogen-bond donors (Lipinski definition) is 1. The SMILES string of the molecule is CCC1CCC23OC(=N)C(C#N)(C2C1)C(C#N)(C#N)C(c1ccc(-c2ccccc2)cc1)O3. The summed E-state index contributed by atoms with van der Waals surface area (Å²) in [6.45, 7) is 2.10. The summed E-state index contributed by atoms with van der Waals surface area (Å²) in [6, 6.07) is 24.0. The van der Waals surface area contributed by atoms with E-state index in [0.29, 0.717) is 24.3 Å². The second-order valence-electron chi connectivity index (χ2n) is 9.28. The van der Waals surface area contributed by atoms with E-state index >= 15 is 0 Å². The molecule has 6 heteroatoms. The van der Waals surface area contributed by atoms with Crippen LogP contribution in [0.15, 0.2) is 54.6 Å². The highest BCUT2D eigenvalue weighted by Gasteiger charge is 2.80.